The zero-order valence-corrected chi connectivity index (χ0v) is 14.2. The summed E-state index contributed by atoms with van der Waals surface area (Å²) in [5.41, 5.74) is 2.41. The molecule has 2 nitrogen and oxygen atoms in total. The number of halogens is 1. The molecule has 0 fully saturated rings. The van der Waals surface area contributed by atoms with E-state index in [2.05, 4.69) is 53.2 Å². The molecule has 0 saturated carbocycles. The molecule has 0 saturated heterocycles. The number of fused-ring (bicyclic) bond motifs is 1. The normalized spacial score (nSPS) is 10.7. The fourth-order valence-electron chi connectivity index (χ4n) is 2.33. The van der Waals surface area contributed by atoms with Gasteiger partial charge in [-0.05, 0) is 52.0 Å². The summed E-state index contributed by atoms with van der Waals surface area (Å²) in [4.78, 5) is 0. The van der Waals surface area contributed by atoms with Gasteiger partial charge in [0.25, 0.3) is 0 Å². The lowest BCUT2D eigenvalue weighted by molar-refractivity contribution is 0.305. The van der Waals surface area contributed by atoms with Crippen molar-refractivity contribution in [2.24, 2.45) is 0 Å². The lowest BCUT2D eigenvalue weighted by Gasteiger charge is -2.11. The molecule has 3 aromatic carbocycles. The molecule has 0 bridgehead atoms. The van der Waals surface area contributed by atoms with Crippen molar-refractivity contribution < 1.29 is 9.47 Å². The molecule has 112 valence electrons. The van der Waals surface area contributed by atoms with E-state index in [1.165, 1.54) is 5.56 Å². The van der Waals surface area contributed by atoms with Crippen LogP contribution in [0.1, 0.15) is 11.1 Å². The van der Waals surface area contributed by atoms with Crippen molar-refractivity contribution in [3.05, 3.63) is 70.2 Å². The molecule has 0 N–H and O–H groups in total. The first-order chi connectivity index (χ1) is 10.7. The summed E-state index contributed by atoms with van der Waals surface area (Å²) in [5, 5.41) is 2.23. The third kappa shape index (κ3) is 3.09. The number of benzene rings is 3. The summed E-state index contributed by atoms with van der Waals surface area (Å²) in [5.74, 6) is 1.67. The second-order valence-electron chi connectivity index (χ2n) is 5.24. The highest BCUT2D eigenvalue weighted by molar-refractivity contribution is 9.10. The van der Waals surface area contributed by atoms with E-state index in [0.717, 1.165) is 32.3 Å². The van der Waals surface area contributed by atoms with Gasteiger partial charge in [-0.1, -0.05) is 42.0 Å². The average Bonchev–Trinajstić information content (AvgIpc) is 2.55. The second-order valence-corrected chi connectivity index (χ2v) is 6.03. The summed E-state index contributed by atoms with van der Waals surface area (Å²) >= 11 is 3.65. The van der Waals surface area contributed by atoms with E-state index in [4.69, 9.17) is 9.47 Å². The Morgan fingerprint density at radius 1 is 0.955 bits per heavy atom. The van der Waals surface area contributed by atoms with E-state index in [1.807, 2.05) is 24.3 Å². The highest BCUT2D eigenvalue weighted by Crippen LogP contribution is 2.35. The molecule has 0 heterocycles. The molecule has 0 spiro atoms. The molecule has 0 aliphatic carbocycles. The first kappa shape index (κ1) is 14.9. The third-order valence-corrected chi connectivity index (χ3v) is 4.46. The van der Waals surface area contributed by atoms with E-state index in [-0.39, 0.29) is 0 Å². The Labute approximate surface area is 138 Å². The van der Waals surface area contributed by atoms with Crippen LogP contribution in [-0.4, -0.2) is 7.11 Å². The average molecular weight is 357 g/mol. The van der Waals surface area contributed by atoms with Crippen molar-refractivity contribution in [2.75, 3.05) is 7.11 Å². The van der Waals surface area contributed by atoms with Gasteiger partial charge in [-0.15, -0.1) is 0 Å². The van der Waals surface area contributed by atoms with E-state index in [1.54, 1.807) is 7.11 Å². The van der Waals surface area contributed by atoms with Gasteiger partial charge in [0.15, 0.2) is 0 Å². The topological polar surface area (TPSA) is 18.5 Å². The molecule has 3 rings (SSSR count). The van der Waals surface area contributed by atoms with Crippen LogP contribution in [0.3, 0.4) is 0 Å². The minimum absolute atomic E-state index is 0.550. The molecule has 22 heavy (non-hydrogen) atoms. The van der Waals surface area contributed by atoms with Crippen LogP contribution < -0.4 is 9.47 Å². The van der Waals surface area contributed by atoms with Crippen LogP contribution in [0.5, 0.6) is 11.5 Å². The standard InChI is InChI=1S/C19H17BrO2/c1-13-3-5-14(6-4-13)12-22-18-10-8-15-7-9-16(21-2)11-17(15)19(18)20/h3-11H,12H2,1-2H3. The monoisotopic (exact) mass is 356 g/mol. The van der Waals surface area contributed by atoms with E-state index >= 15 is 0 Å². The highest BCUT2D eigenvalue weighted by atomic mass is 79.9. The minimum Gasteiger partial charge on any atom is -0.497 e. The number of ether oxygens (including phenoxy) is 2. The van der Waals surface area contributed by atoms with Crippen LogP contribution in [0, 0.1) is 6.92 Å². The fourth-order valence-corrected chi connectivity index (χ4v) is 2.92. The predicted molar refractivity (Wildman–Crippen MR) is 93.7 cm³/mol. The lowest BCUT2D eigenvalue weighted by atomic mass is 10.1. The second kappa shape index (κ2) is 6.41. The van der Waals surface area contributed by atoms with Gasteiger partial charge in [0.2, 0.25) is 0 Å². The summed E-state index contributed by atoms with van der Waals surface area (Å²) in [6, 6.07) is 18.4. The van der Waals surface area contributed by atoms with Crippen molar-refractivity contribution in [3.8, 4) is 11.5 Å². The van der Waals surface area contributed by atoms with Gasteiger partial charge in [0.05, 0.1) is 11.6 Å². The Morgan fingerprint density at radius 2 is 1.68 bits per heavy atom. The van der Waals surface area contributed by atoms with Crippen LogP contribution in [0.4, 0.5) is 0 Å². The largest absolute Gasteiger partial charge is 0.497 e. The molecule has 3 aromatic rings. The van der Waals surface area contributed by atoms with Crippen LogP contribution in [0.2, 0.25) is 0 Å². The molecule has 0 amide bonds. The van der Waals surface area contributed by atoms with Gasteiger partial charge in [-0.25, -0.2) is 0 Å². The number of hydrogen-bond acceptors (Lipinski definition) is 2. The molecular formula is C19H17BrO2. The van der Waals surface area contributed by atoms with Crippen molar-refractivity contribution in [2.45, 2.75) is 13.5 Å². The van der Waals surface area contributed by atoms with Gasteiger partial charge < -0.3 is 9.47 Å². The smallest absolute Gasteiger partial charge is 0.134 e. The Balaban J connectivity index is 1.87. The summed E-state index contributed by atoms with van der Waals surface area (Å²) in [6.07, 6.45) is 0. The van der Waals surface area contributed by atoms with Crippen molar-refractivity contribution in [3.63, 3.8) is 0 Å². The van der Waals surface area contributed by atoms with E-state index in [0.29, 0.717) is 6.61 Å². The predicted octanol–water partition coefficient (Wildman–Crippen LogP) is 5.50. The molecule has 0 unspecified atom stereocenters. The van der Waals surface area contributed by atoms with Gasteiger partial charge in [0, 0.05) is 5.39 Å². The first-order valence-electron chi connectivity index (χ1n) is 7.12. The maximum Gasteiger partial charge on any atom is 0.134 e. The minimum atomic E-state index is 0.550. The molecule has 0 radical (unpaired) electrons. The number of methoxy groups -OCH3 is 1. The van der Waals surface area contributed by atoms with Gasteiger partial charge >= 0.3 is 0 Å². The number of rotatable bonds is 4. The van der Waals surface area contributed by atoms with E-state index in [9.17, 15) is 0 Å². The Bertz CT molecular complexity index is 794. The summed E-state index contributed by atoms with van der Waals surface area (Å²) in [6.45, 7) is 2.63. The maximum absolute atomic E-state index is 5.96. The van der Waals surface area contributed by atoms with Gasteiger partial charge in [-0.2, -0.15) is 0 Å². The molecule has 3 heteroatoms. The molecule has 0 aromatic heterocycles. The Hall–Kier alpha value is -2.00. The summed E-state index contributed by atoms with van der Waals surface area (Å²) < 4.78 is 12.2. The zero-order valence-electron chi connectivity index (χ0n) is 12.6. The summed E-state index contributed by atoms with van der Waals surface area (Å²) in [7, 11) is 1.67. The molecule has 0 atom stereocenters. The Morgan fingerprint density at radius 3 is 2.41 bits per heavy atom. The maximum atomic E-state index is 5.96. The lowest BCUT2D eigenvalue weighted by Crippen LogP contribution is -1.96. The molecule has 0 aliphatic rings. The van der Waals surface area contributed by atoms with Crippen LogP contribution in [0.25, 0.3) is 10.8 Å². The first-order valence-corrected chi connectivity index (χ1v) is 7.91. The zero-order chi connectivity index (χ0) is 15.5. The van der Waals surface area contributed by atoms with Crippen LogP contribution >= 0.6 is 15.9 Å². The molecule has 0 aliphatic heterocycles. The van der Waals surface area contributed by atoms with Gasteiger partial charge in [-0.3, -0.25) is 0 Å². The SMILES string of the molecule is COc1ccc2ccc(OCc3ccc(C)cc3)c(Br)c2c1. The van der Waals surface area contributed by atoms with Crippen LogP contribution in [-0.2, 0) is 6.61 Å². The van der Waals surface area contributed by atoms with Crippen molar-refractivity contribution >= 4 is 26.7 Å². The van der Waals surface area contributed by atoms with Crippen molar-refractivity contribution in [1.82, 2.24) is 0 Å². The quantitative estimate of drug-likeness (QED) is 0.614. The Kier molecular flexibility index (Phi) is 4.34. The highest BCUT2D eigenvalue weighted by Gasteiger charge is 2.08. The van der Waals surface area contributed by atoms with Crippen molar-refractivity contribution in [1.29, 1.82) is 0 Å². The van der Waals surface area contributed by atoms with Gasteiger partial charge in [0.1, 0.15) is 18.1 Å². The van der Waals surface area contributed by atoms with Crippen LogP contribution in [0.15, 0.2) is 59.1 Å². The molecular weight excluding hydrogens is 340 g/mol. The third-order valence-electron chi connectivity index (χ3n) is 3.64. The number of aryl methyl sites for hydroxylation is 1. The number of hydrogen-bond donors (Lipinski definition) is 0. The fraction of sp³-hybridized carbons (Fsp3) is 0.158. The van der Waals surface area contributed by atoms with E-state index < -0.39 is 0 Å².